The third-order valence-corrected chi connectivity index (χ3v) is 3.02. The lowest BCUT2D eigenvalue weighted by atomic mass is 10.1. The zero-order valence-electron chi connectivity index (χ0n) is 12.2. The molecule has 0 saturated carbocycles. The maximum Gasteiger partial charge on any atom is 0.408 e. The zero-order chi connectivity index (χ0) is 17.1. The zero-order valence-corrected chi connectivity index (χ0v) is 13.8. The molecule has 0 radical (unpaired) electrons. The fourth-order valence-corrected chi connectivity index (χ4v) is 2.14. The molecule has 5 nitrogen and oxygen atoms in total. The Hall–Kier alpha value is -1.53. The lowest BCUT2D eigenvalue weighted by molar-refractivity contribution is -0.139. The number of carbonyl (C=O) groups excluding carboxylic acids is 1. The molecule has 0 spiro atoms. The van der Waals surface area contributed by atoms with Crippen molar-refractivity contribution in [2.45, 2.75) is 38.8 Å². The van der Waals surface area contributed by atoms with Crippen LogP contribution in [0.15, 0.2) is 12.1 Å². The van der Waals surface area contributed by atoms with Gasteiger partial charge in [0.25, 0.3) is 0 Å². The fraction of sp³-hybridized carbons (Fsp3) is 0.429. The minimum Gasteiger partial charge on any atom is -0.480 e. The summed E-state index contributed by atoms with van der Waals surface area (Å²) in [4.78, 5) is 22.9. The van der Waals surface area contributed by atoms with E-state index in [1.165, 1.54) is 12.1 Å². The van der Waals surface area contributed by atoms with Crippen LogP contribution in [0.4, 0.5) is 9.18 Å². The van der Waals surface area contributed by atoms with Crippen molar-refractivity contribution in [3.8, 4) is 0 Å². The maximum absolute atomic E-state index is 13.3. The highest BCUT2D eigenvalue weighted by atomic mass is 35.5. The lowest BCUT2D eigenvalue weighted by Crippen LogP contribution is -2.44. The largest absolute Gasteiger partial charge is 0.480 e. The minimum absolute atomic E-state index is 0.117. The third-order valence-electron chi connectivity index (χ3n) is 2.47. The number of aliphatic carboxylic acids is 1. The first-order valence-corrected chi connectivity index (χ1v) is 7.11. The van der Waals surface area contributed by atoms with Crippen molar-refractivity contribution in [1.82, 2.24) is 5.32 Å². The van der Waals surface area contributed by atoms with Gasteiger partial charge in [-0.3, -0.25) is 0 Å². The molecule has 0 saturated heterocycles. The first-order chi connectivity index (χ1) is 9.99. The third kappa shape index (κ3) is 5.69. The van der Waals surface area contributed by atoms with E-state index in [2.05, 4.69) is 5.32 Å². The van der Waals surface area contributed by atoms with Gasteiger partial charge in [0.1, 0.15) is 11.6 Å². The highest BCUT2D eigenvalue weighted by Gasteiger charge is 2.24. The van der Waals surface area contributed by atoms with Gasteiger partial charge in [-0.2, -0.15) is 0 Å². The molecular weight excluding hydrogens is 336 g/mol. The van der Waals surface area contributed by atoms with Crippen LogP contribution in [-0.2, 0) is 16.0 Å². The first-order valence-electron chi connectivity index (χ1n) is 6.35. The molecule has 1 aromatic carbocycles. The number of alkyl carbamates (subject to hydrolysis) is 1. The Morgan fingerprint density at radius 3 is 2.23 bits per heavy atom. The number of hydrogen-bond acceptors (Lipinski definition) is 3. The van der Waals surface area contributed by atoms with Crippen LogP contribution >= 0.6 is 23.2 Å². The molecule has 0 bridgehead atoms. The number of amides is 1. The second-order valence-electron chi connectivity index (χ2n) is 5.61. The summed E-state index contributed by atoms with van der Waals surface area (Å²) < 4.78 is 18.3. The number of benzene rings is 1. The maximum atomic E-state index is 13.3. The highest BCUT2D eigenvalue weighted by Crippen LogP contribution is 2.25. The number of carboxylic acid groups (broad SMARTS) is 1. The predicted molar refractivity (Wildman–Crippen MR) is 80.9 cm³/mol. The normalized spacial score (nSPS) is 12.6. The average molecular weight is 352 g/mol. The average Bonchev–Trinajstić information content (AvgIpc) is 2.32. The highest BCUT2D eigenvalue weighted by molar-refractivity contribution is 6.35. The fourth-order valence-electron chi connectivity index (χ4n) is 1.61. The van der Waals surface area contributed by atoms with Crippen LogP contribution in [0.25, 0.3) is 0 Å². The number of ether oxygens (including phenoxy) is 1. The van der Waals surface area contributed by atoms with Crippen LogP contribution in [0, 0.1) is 5.82 Å². The molecule has 8 heteroatoms. The van der Waals surface area contributed by atoms with E-state index in [1.54, 1.807) is 20.8 Å². The summed E-state index contributed by atoms with van der Waals surface area (Å²) in [5, 5.41) is 11.0. The molecule has 0 aromatic heterocycles. The smallest absolute Gasteiger partial charge is 0.408 e. The van der Waals surface area contributed by atoms with Crippen molar-refractivity contribution in [3.63, 3.8) is 0 Å². The van der Waals surface area contributed by atoms with E-state index in [9.17, 15) is 14.0 Å². The van der Waals surface area contributed by atoms with Crippen LogP contribution in [0.3, 0.4) is 0 Å². The topological polar surface area (TPSA) is 75.6 Å². The molecule has 1 atom stereocenters. The summed E-state index contributed by atoms with van der Waals surface area (Å²) >= 11 is 11.3. The second kappa shape index (κ2) is 7.15. The number of halogens is 3. The van der Waals surface area contributed by atoms with Gasteiger partial charge in [-0.05, 0) is 38.5 Å². The molecule has 2 N–H and O–H groups in total. The number of carbonyl (C=O) groups is 2. The standard InChI is InChI=1S/C14H16Cl2FNO4/c1-14(2,3)22-13(21)18-10(12(19)20)6-7-4-8(15)11(17)9(16)5-7/h4-5,10H,6H2,1-3H3,(H,18,21)(H,19,20). The van der Waals surface area contributed by atoms with Crippen LogP contribution < -0.4 is 5.32 Å². The molecule has 1 amide bonds. The molecule has 0 aliphatic carbocycles. The number of nitrogens with one attached hydrogen (secondary N) is 1. The van der Waals surface area contributed by atoms with E-state index in [1.807, 2.05) is 0 Å². The van der Waals surface area contributed by atoms with Crippen molar-refractivity contribution in [2.75, 3.05) is 0 Å². The molecule has 0 aliphatic rings. The molecule has 1 rings (SSSR count). The first kappa shape index (κ1) is 18.5. The minimum atomic E-state index is -1.26. The summed E-state index contributed by atoms with van der Waals surface area (Å²) in [7, 11) is 0. The summed E-state index contributed by atoms with van der Waals surface area (Å²) in [5.74, 6) is -2.04. The number of rotatable bonds is 4. The Kier molecular flexibility index (Phi) is 6.02. The van der Waals surface area contributed by atoms with Gasteiger partial charge in [0.2, 0.25) is 0 Å². The Balaban J connectivity index is 2.85. The van der Waals surface area contributed by atoms with E-state index in [4.69, 9.17) is 33.0 Å². The van der Waals surface area contributed by atoms with E-state index in [0.717, 1.165) is 0 Å². The van der Waals surface area contributed by atoms with Crippen molar-refractivity contribution in [3.05, 3.63) is 33.6 Å². The molecule has 0 aliphatic heterocycles. The molecule has 1 aromatic rings. The van der Waals surface area contributed by atoms with Gasteiger partial charge in [0, 0.05) is 6.42 Å². The molecular formula is C14H16Cl2FNO4. The Bertz CT molecular complexity index is 564. The van der Waals surface area contributed by atoms with Crippen LogP contribution in [0.2, 0.25) is 10.0 Å². The monoisotopic (exact) mass is 351 g/mol. The molecule has 122 valence electrons. The lowest BCUT2D eigenvalue weighted by Gasteiger charge is -2.22. The summed E-state index contributed by atoms with van der Waals surface area (Å²) in [6, 6.07) is 1.26. The summed E-state index contributed by atoms with van der Waals surface area (Å²) in [6.45, 7) is 4.96. The van der Waals surface area contributed by atoms with Gasteiger partial charge >= 0.3 is 12.1 Å². The van der Waals surface area contributed by atoms with Gasteiger partial charge < -0.3 is 15.2 Å². The van der Waals surface area contributed by atoms with Gasteiger partial charge in [0.15, 0.2) is 5.82 Å². The van der Waals surface area contributed by atoms with Crippen molar-refractivity contribution >= 4 is 35.3 Å². The van der Waals surface area contributed by atoms with Crippen LogP contribution in [0.5, 0.6) is 0 Å². The molecule has 0 heterocycles. The summed E-state index contributed by atoms with van der Waals surface area (Å²) in [5.41, 5.74) is -0.379. The quantitative estimate of drug-likeness (QED) is 0.811. The van der Waals surface area contributed by atoms with Gasteiger partial charge in [-0.15, -0.1) is 0 Å². The van der Waals surface area contributed by atoms with Crippen LogP contribution in [0.1, 0.15) is 26.3 Å². The summed E-state index contributed by atoms with van der Waals surface area (Å²) in [6.07, 6.45) is -0.979. The molecule has 0 fully saturated rings. The number of hydrogen-bond donors (Lipinski definition) is 2. The Morgan fingerprint density at radius 1 is 1.32 bits per heavy atom. The predicted octanol–water partition coefficient (Wildman–Crippen LogP) is 3.65. The second-order valence-corrected chi connectivity index (χ2v) is 6.43. The van der Waals surface area contributed by atoms with Crippen molar-refractivity contribution in [2.24, 2.45) is 0 Å². The van der Waals surface area contributed by atoms with Crippen molar-refractivity contribution < 1.29 is 23.8 Å². The Morgan fingerprint density at radius 2 is 1.82 bits per heavy atom. The molecule has 22 heavy (non-hydrogen) atoms. The van der Waals surface area contributed by atoms with E-state index < -0.39 is 29.5 Å². The number of carboxylic acids is 1. The molecule has 1 unspecified atom stereocenters. The van der Waals surface area contributed by atoms with E-state index in [0.29, 0.717) is 5.56 Å². The van der Waals surface area contributed by atoms with Gasteiger partial charge in [0.05, 0.1) is 10.0 Å². The van der Waals surface area contributed by atoms with Gasteiger partial charge in [-0.25, -0.2) is 14.0 Å². The van der Waals surface area contributed by atoms with Crippen molar-refractivity contribution in [1.29, 1.82) is 0 Å². The van der Waals surface area contributed by atoms with Gasteiger partial charge in [-0.1, -0.05) is 23.2 Å². The van der Waals surface area contributed by atoms with E-state index >= 15 is 0 Å². The van der Waals surface area contributed by atoms with E-state index in [-0.39, 0.29) is 16.5 Å². The SMILES string of the molecule is CC(C)(C)OC(=O)NC(Cc1cc(Cl)c(F)c(Cl)c1)C(=O)O. The van der Waals surface area contributed by atoms with Crippen LogP contribution in [-0.4, -0.2) is 28.8 Å². The Labute approximate surface area is 137 Å².